The van der Waals surface area contributed by atoms with Crippen molar-refractivity contribution in [1.82, 2.24) is 10.6 Å². The van der Waals surface area contributed by atoms with Crippen molar-refractivity contribution in [1.29, 1.82) is 0 Å². The average molecular weight is 522 g/mol. The van der Waals surface area contributed by atoms with E-state index in [0.29, 0.717) is 30.4 Å². The normalized spacial score (nSPS) is 11.4. The van der Waals surface area contributed by atoms with Gasteiger partial charge in [0.05, 0.1) is 5.56 Å². The number of nitrogens with one attached hydrogen (secondary N) is 2. The molecule has 6 nitrogen and oxygen atoms in total. The molecule has 2 aromatic carbocycles. The highest BCUT2D eigenvalue weighted by Gasteiger charge is 2.29. The number of benzene rings is 2. The number of hydrogen-bond donors (Lipinski definition) is 3. The SMILES string of the molecule is CN=C(NCc1ccc(C(F)(F)F)cc1)NCc1cccc(OCC(N)=O)c1.I. The lowest BCUT2D eigenvalue weighted by molar-refractivity contribution is -0.137. The van der Waals surface area contributed by atoms with Crippen LogP contribution in [-0.2, 0) is 24.1 Å². The maximum Gasteiger partial charge on any atom is 0.416 e. The average Bonchev–Trinajstić information content (AvgIpc) is 2.66. The fraction of sp³-hybridized carbons (Fsp3) is 0.263. The minimum atomic E-state index is -4.35. The van der Waals surface area contributed by atoms with E-state index in [-0.39, 0.29) is 30.6 Å². The third-order valence-electron chi connectivity index (χ3n) is 3.70. The van der Waals surface area contributed by atoms with Gasteiger partial charge in [0.15, 0.2) is 12.6 Å². The molecular formula is C19H22F3IN4O2. The Hall–Kier alpha value is -2.50. The minimum absolute atomic E-state index is 0. The van der Waals surface area contributed by atoms with Crippen LogP contribution in [-0.4, -0.2) is 25.5 Å². The predicted molar refractivity (Wildman–Crippen MR) is 115 cm³/mol. The van der Waals surface area contributed by atoms with Crippen molar-refractivity contribution in [3.05, 3.63) is 65.2 Å². The zero-order valence-electron chi connectivity index (χ0n) is 15.6. The topological polar surface area (TPSA) is 88.7 Å². The number of rotatable bonds is 7. The molecule has 0 radical (unpaired) electrons. The van der Waals surface area contributed by atoms with Crippen LogP contribution in [0.25, 0.3) is 0 Å². The van der Waals surface area contributed by atoms with Gasteiger partial charge in [0.1, 0.15) is 5.75 Å². The lowest BCUT2D eigenvalue weighted by Gasteiger charge is -2.13. The molecule has 0 heterocycles. The highest BCUT2D eigenvalue weighted by atomic mass is 127. The Labute approximate surface area is 183 Å². The monoisotopic (exact) mass is 522 g/mol. The zero-order valence-corrected chi connectivity index (χ0v) is 18.0. The van der Waals surface area contributed by atoms with Crippen LogP contribution in [0.15, 0.2) is 53.5 Å². The van der Waals surface area contributed by atoms with Gasteiger partial charge >= 0.3 is 6.18 Å². The fourth-order valence-corrected chi connectivity index (χ4v) is 2.30. The Morgan fingerprint density at radius 1 is 1.07 bits per heavy atom. The first kappa shape index (κ1) is 24.5. The summed E-state index contributed by atoms with van der Waals surface area (Å²) in [5.74, 6) is 0.450. The standard InChI is InChI=1S/C19H21F3N4O2.HI/c1-24-18(25-10-13-5-7-15(8-6-13)19(20,21)22)26-11-14-3-2-4-16(9-14)28-12-17(23)27;/h2-9H,10-12H2,1H3,(H2,23,27)(H2,24,25,26);1H. The molecule has 0 aromatic heterocycles. The summed E-state index contributed by atoms with van der Waals surface area (Å²) in [6, 6.07) is 12.1. The zero-order chi connectivity index (χ0) is 20.6. The van der Waals surface area contributed by atoms with E-state index in [1.54, 1.807) is 25.2 Å². The molecule has 158 valence electrons. The summed E-state index contributed by atoms with van der Waals surface area (Å²) in [7, 11) is 1.59. The summed E-state index contributed by atoms with van der Waals surface area (Å²) in [5.41, 5.74) is 5.95. The number of guanidine groups is 1. The number of alkyl halides is 3. The molecule has 0 spiro atoms. The van der Waals surface area contributed by atoms with E-state index in [2.05, 4.69) is 15.6 Å². The molecule has 10 heteroatoms. The minimum Gasteiger partial charge on any atom is -0.484 e. The van der Waals surface area contributed by atoms with E-state index in [0.717, 1.165) is 17.7 Å². The number of carbonyl (C=O) groups excluding carboxylic acids is 1. The maximum atomic E-state index is 12.6. The summed E-state index contributed by atoms with van der Waals surface area (Å²) < 4.78 is 43.0. The Bertz CT molecular complexity index is 827. The van der Waals surface area contributed by atoms with Crippen molar-refractivity contribution in [3.63, 3.8) is 0 Å². The Balaban J connectivity index is 0.00000420. The number of carbonyl (C=O) groups is 1. The number of ether oxygens (including phenoxy) is 1. The van der Waals surface area contributed by atoms with Crippen LogP contribution in [0.1, 0.15) is 16.7 Å². The van der Waals surface area contributed by atoms with Crippen LogP contribution in [0.2, 0.25) is 0 Å². The molecule has 0 aliphatic rings. The van der Waals surface area contributed by atoms with E-state index in [4.69, 9.17) is 10.5 Å². The van der Waals surface area contributed by atoms with Crippen LogP contribution in [0.3, 0.4) is 0 Å². The second-order valence-electron chi connectivity index (χ2n) is 5.88. The molecule has 0 unspecified atom stereocenters. The van der Waals surface area contributed by atoms with Crippen molar-refractivity contribution >= 4 is 35.8 Å². The van der Waals surface area contributed by atoms with E-state index in [1.165, 1.54) is 12.1 Å². The second-order valence-corrected chi connectivity index (χ2v) is 5.88. The lowest BCUT2D eigenvalue weighted by Crippen LogP contribution is -2.36. The fourth-order valence-electron chi connectivity index (χ4n) is 2.30. The van der Waals surface area contributed by atoms with Crippen molar-refractivity contribution in [2.75, 3.05) is 13.7 Å². The molecule has 0 atom stereocenters. The molecule has 0 fully saturated rings. The van der Waals surface area contributed by atoms with Crippen LogP contribution in [0, 0.1) is 0 Å². The van der Waals surface area contributed by atoms with Gasteiger partial charge in [-0.2, -0.15) is 13.2 Å². The molecule has 0 aliphatic carbocycles. The molecule has 0 aliphatic heterocycles. The number of hydrogen-bond acceptors (Lipinski definition) is 3. The first-order valence-corrected chi connectivity index (χ1v) is 8.38. The first-order chi connectivity index (χ1) is 13.3. The summed E-state index contributed by atoms with van der Waals surface area (Å²) in [5, 5.41) is 6.13. The van der Waals surface area contributed by atoms with Crippen LogP contribution < -0.4 is 21.1 Å². The molecule has 2 aromatic rings. The third kappa shape index (κ3) is 8.59. The lowest BCUT2D eigenvalue weighted by atomic mass is 10.1. The van der Waals surface area contributed by atoms with Crippen molar-refractivity contribution in [2.24, 2.45) is 10.7 Å². The number of amides is 1. The van der Waals surface area contributed by atoms with Gasteiger partial charge in [-0.3, -0.25) is 9.79 Å². The van der Waals surface area contributed by atoms with Crippen LogP contribution >= 0.6 is 24.0 Å². The maximum absolute atomic E-state index is 12.6. The summed E-state index contributed by atoms with van der Waals surface area (Å²) in [6.45, 7) is 0.549. The van der Waals surface area contributed by atoms with Gasteiger partial charge in [0, 0.05) is 20.1 Å². The summed E-state index contributed by atoms with van der Waals surface area (Å²) in [4.78, 5) is 14.9. The number of aliphatic imine (C=N–C) groups is 1. The molecular weight excluding hydrogens is 500 g/mol. The predicted octanol–water partition coefficient (Wildman–Crippen LogP) is 3.05. The van der Waals surface area contributed by atoms with Crippen molar-refractivity contribution in [2.45, 2.75) is 19.3 Å². The number of halogens is 4. The van der Waals surface area contributed by atoms with Gasteiger partial charge in [-0.05, 0) is 35.4 Å². The largest absolute Gasteiger partial charge is 0.484 e. The van der Waals surface area contributed by atoms with Gasteiger partial charge in [-0.15, -0.1) is 24.0 Å². The Kier molecular flexibility index (Phi) is 9.72. The Morgan fingerprint density at radius 2 is 1.69 bits per heavy atom. The number of nitrogens with two attached hydrogens (primary N) is 1. The van der Waals surface area contributed by atoms with E-state index in [1.807, 2.05) is 6.07 Å². The Morgan fingerprint density at radius 3 is 2.24 bits per heavy atom. The van der Waals surface area contributed by atoms with Gasteiger partial charge in [-0.25, -0.2) is 0 Å². The van der Waals surface area contributed by atoms with Gasteiger partial charge in [0.25, 0.3) is 5.91 Å². The summed E-state index contributed by atoms with van der Waals surface area (Å²) in [6.07, 6.45) is -4.35. The van der Waals surface area contributed by atoms with Crippen LogP contribution in [0.5, 0.6) is 5.75 Å². The molecule has 0 saturated carbocycles. The second kappa shape index (κ2) is 11.5. The van der Waals surface area contributed by atoms with Crippen molar-refractivity contribution < 1.29 is 22.7 Å². The van der Waals surface area contributed by atoms with Gasteiger partial charge in [-0.1, -0.05) is 24.3 Å². The molecule has 0 saturated heterocycles. The quantitative estimate of drug-likeness (QED) is 0.297. The third-order valence-corrected chi connectivity index (χ3v) is 3.70. The number of nitrogens with zero attached hydrogens (tertiary/aromatic N) is 1. The molecule has 29 heavy (non-hydrogen) atoms. The van der Waals surface area contributed by atoms with E-state index in [9.17, 15) is 18.0 Å². The van der Waals surface area contributed by atoms with E-state index >= 15 is 0 Å². The number of primary amides is 1. The smallest absolute Gasteiger partial charge is 0.416 e. The molecule has 2 rings (SSSR count). The van der Waals surface area contributed by atoms with E-state index < -0.39 is 17.6 Å². The molecule has 4 N–H and O–H groups in total. The van der Waals surface area contributed by atoms with Gasteiger partial charge < -0.3 is 21.1 Å². The highest BCUT2D eigenvalue weighted by molar-refractivity contribution is 14.0. The van der Waals surface area contributed by atoms with Gasteiger partial charge in [0.2, 0.25) is 0 Å². The van der Waals surface area contributed by atoms with Crippen LogP contribution in [0.4, 0.5) is 13.2 Å². The highest BCUT2D eigenvalue weighted by Crippen LogP contribution is 2.29. The molecule has 0 bridgehead atoms. The van der Waals surface area contributed by atoms with Crippen molar-refractivity contribution in [3.8, 4) is 5.75 Å². The first-order valence-electron chi connectivity index (χ1n) is 8.38. The summed E-state index contributed by atoms with van der Waals surface area (Å²) >= 11 is 0. The molecule has 1 amide bonds.